The lowest BCUT2D eigenvalue weighted by atomic mass is 9.87. The molecule has 1 heterocycles. The molecule has 8 nitrogen and oxygen atoms in total. The molecule has 0 aliphatic rings. The number of urea groups is 1. The zero-order chi connectivity index (χ0) is 15.3. The maximum atomic E-state index is 11.6. The molecular weight excluding hydrogens is 264 g/mol. The van der Waals surface area contributed by atoms with Crippen molar-refractivity contribution in [1.29, 1.82) is 0 Å². The SMILES string of the molecule is Cc1noc(CCNC(=O)N[C@H](C(=O)O)C(C)(C)C)n1. The molecule has 0 aliphatic heterocycles. The van der Waals surface area contributed by atoms with Crippen molar-refractivity contribution in [1.82, 2.24) is 20.8 Å². The van der Waals surface area contributed by atoms with Gasteiger partial charge in [-0.1, -0.05) is 25.9 Å². The van der Waals surface area contributed by atoms with Crippen molar-refractivity contribution in [3.63, 3.8) is 0 Å². The smallest absolute Gasteiger partial charge is 0.326 e. The van der Waals surface area contributed by atoms with Gasteiger partial charge in [0.05, 0.1) is 0 Å². The number of amides is 2. The number of carboxylic acids is 1. The average Bonchev–Trinajstić information content (AvgIpc) is 2.70. The van der Waals surface area contributed by atoms with Gasteiger partial charge >= 0.3 is 12.0 Å². The number of rotatable bonds is 5. The first kappa shape index (κ1) is 15.9. The van der Waals surface area contributed by atoms with E-state index in [4.69, 9.17) is 9.63 Å². The molecule has 1 aromatic heterocycles. The Morgan fingerprint density at radius 1 is 1.40 bits per heavy atom. The summed E-state index contributed by atoms with van der Waals surface area (Å²) in [5, 5.41) is 17.7. The first-order chi connectivity index (χ1) is 9.20. The summed E-state index contributed by atoms with van der Waals surface area (Å²) in [5.41, 5.74) is -0.577. The van der Waals surface area contributed by atoms with Crippen LogP contribution >= 0.6 is 0 Å². The Kier molecular flexibility index (Phi) is 5.06. The van der Waals surface area contributed by atoms with E-state index >= 15 is 0 Å². The van der Waals surface area contributed by atoms with Crippen LogP contribution in [0, 0.1) is 12.3 Å². The topological polar surface area (TPSA) is 117 Å². The lowest BCUT2D eigenvalue weighted by Gasteiger charge is -2.27. The minimum Gasteiger partial charge on any atom is -0.480 e. The molecule has 0 bridgehead atoms. The van der Waals surface area contributed by atoms with E-state index in [1.165, 1.54) is 0 Å². The van der Waals surface area contributed by atoms with Gasteiger partial charge in [-0.3, -0.25) is 0 Å². The highest BCUT2D eigenvalue weighted by Gasteiger charge is 2.32. The van der Waals surface area contributed by atoms with E-state index in [1.54, 1.807) is 27.7 Å². The Morgan fingerprint density at radius 3 is 2.50 bits per heavy atom. The molecule has 0 unspecified atom stereocenters. The van der Waals surface area contributed by atoms with E-state index in [-0.39, 0.29) is 6.54 Å². The third kappa shape index (κ3) is 4.87. The second-order valence-corrected chi connectivity index (χ2v) is 5.52. The predicted octanol–water partition coefficient (Wildman–Crippen LogP) is 0.719. The summed E-state index contributed by atoms with van der Waals surface area (Å²) in [4.78, 5) is 26.7. The number of aryl methyl sites for hydroxylation is 1. The number of nitrogens with one attached hydrogen (secondary N) is 2. The molecule has 8 heteroatoms. The summed E-state index contributed by atoms with van der Waals surface area (Å²) in [6.07, 6.45) is 0.390. The van der Waals surface area contributed by atoms with Crippen LogP contribution in [-0.4, -0.2) is 39.8 Å². The predicted molar refractivity (Wildman–Crippen MR) is 70.2 cm³/mol. The van der Waals surface area contributed by atoms with Gasteiger partial charge in [0.25, 0.3) is 0 Å². The monoisotopic (exact) mass is 284 g/mol. The van der Waals surface area contributed by atoms with E-state index in [2.05, 4.69) is 20.8 Å². The number of carbonyl (C=O) groups excluding carboxylic acids is 1. The van der Waals surface area contributed by atoms with Gasteiger partial charge < -0.3 is 20.3 Å². The molecule has 0 fully saturated rings. The molecule has 0 aromatic carbocycles. The second-order valence-electron chi connectivity index (χ2n) is 5.52. The van der Waals surface area contributed by atoms with Gasteiger partial charge in [-0.15, -0.1) is 0 Å². The number of hydrogen-bond donors (Lipinski definition) is 3. The lowest BCUT2D eigenvalue weighted by Crippen LogP contribution is -2.52. The number of aliphatic carboxylic acids is 1. The first-order valence-corrected chi connectivity index (χ1v) is 6.26. The molecular formula is C12H20N4O4. The Balaban J connectivity index is 2.41. The van der Waals surface area contributed by atoms with E-state index < -0.39 is 23.5 Å². The highest BCUT2D eigenvalue weighted by Crippen LogP contribution is 2.19. The second kappa shape index (κ2) is 6.36. The van der Waals surface area contributed by atoms with E-state index in [9.17, 15) is 9.59 Å². The average molecular weight is 284 g/mol. The van der Waals surface area contributed by atoms with Crippen molar-refractivity contribution in [3.05, 3.63) is 11.7 Å². The van der Waals surface area contributed by atoms with Crippen LogP contribution in [-0.2, 0) is 11.2 Å². The van der Waals surface area contributed by atoms with Gasteiger partial charge in [0.1, 0.15) is 6.04 Å². The van der Waals surface area contributed by atoms with Crippen LogP contribution < -0.4 is 10.6 Å². The van der Waals surface area contributed by atoms with Gasteiger partial charge in [-0.25, -0.2) is 9.59 Å². The summed E-state index contributed by atoms with van der Waals surface area (Å²) in [5.74, 6) is -0.114. The van der Waals surface area contributed by atoms with Gasteiger partial charge in [-0.2, -0.15) is 4.98 Å². The van der Waals surface area contributed by atoms with Crippen molar-refractivity contribution in [2.45, 2.75) is 40.2 Å². The fourth-order valence-electron chi connectivity index (χ4n) is 1.56. The van der Waals surface area contributed by atoms with Crippen molar-refractivity contribution >= 4 is 12.0 Å². The highest BCUT2D eigenvalue weighted by atomic mass is 16.5. The van der Waals surface area contributed by atoms with Gasteiger partial charge in [-0.05, 0) is 12.3 Å². The number of nitrogens with zero attached hydrogens (tertiary/aromatic N) is 2. The zero-order valence-corrected chi connectivity index (χ0v) is 12.1. The normalized spacial score (nSPS) is 12.8. The van der Waals surface area contributed by atoms with Crippen LogP contribution in [0.2, 0.25) is 0 Å². The molecule has 112 valence electrons. The largest absolute Gasteiger partial charge is 0.480 e. The Morgan fingerprint density at radius 2 is 2.05 bits per heavy atom. The summed E-state index contributed by atoms with van der Waals surface area (Å²) in [6.45, 7) is 7.21. The Bertz CT molecular complexity index is 478. The summed E-state index contributed by atoms with van der Waals surface area (Å²) >= 11 is 0. The maximum Gasteiger partial charge on any atom is 0.326 e. The van der Waals surface area contributed by atoms with E-state index in [1.807, 2.05) is 0 Å². The van der Waals surface area contributed by atoms with Gasteiger partial charge in [0, 0.05) is 13.0 Å². The maximum absolute atomic E-state index is 11.6. The molecule has 2 amide bonds. The molecule has 0 aliphatic carbocycles. The molecule has 1 atom stereocenters. The van der Waals surface area contributed by atoms with Crippen molar-refractivity contribution in [2.75, 3.05) is 6.54 Å². The molecule has 0 radical (unpaired) electrons. The summed E-state index contributed by atoms with van der Waals surface area (Å²) in [7, 11) is 0. The Hall–Kier alpha value is -2.12. The number of carboxylic acid groups (broad SMARTS) is 1. The molecule has 0 spiro atoms. The van der Waals surface area contributed by atoms with Crippen LogP contribution in [0.5, 0.6) is 0 Å². The third-order valence-corrected chi connectivity index (χ3v) is 2.58. The third-order valence-electron chi connectivity index (χ3n) is 2.58. The lowest BCUT2D eigenvalue weighted by molar-refractivity contribution is -0.141. The van der Waals surface area contributed by atoms with Crippen molar-refractivity contribution in [2.24, 2.45) is 5.41 Å². The standard InChI is InChI=1S/C12H20N4O4/c1-7-14-8(20-16-7)5-6-13-11(19)15-9(10(17)18)12(2,3)4/h9H,5-6H2,1-4H3,(H,17,18)(H2,13,15,19)/t9-/m1/s1. The number of carbonyl (C=O) groups is 2. The molecule has 3 N–H and O–H groups in total. The van der Waals surface area contributed by atoms with Crippen LogP contribution in [0.4, 0.5) is 4.79 Å². The van der Waals surface area contributed by atoms with Gasteiger partial charge in [0.15, 0.2) is 5.82 Å². The molecule has 1 rings (SSSR count). The van der Waals surface area contributed by atoms with Crippen molar-refractivity contribution in [3.8, 4) is 0 Å². The van der Waals surface area contributed by atoms with Crippen molar-refractivity contribution < 1.29 is 19.2 Å². The van der Waals surface area contributed by atoms with E-state index in [0.29, 0.717) is 18.1 Å². The number of hydrogen-bond acceptors (Lipinski definition) is 5. The zero-order valence-electron chi connectivity index (χ0n) is 12.1. The quantitative estimate of drug-likeness (QED) is 0.733. The molecule has 0 saturated carbocycles. The Labute approximate surface area is 116 Å². The van der Waals surface area contributed by atoms with Crippen LogP contribution in [0.1, 0.15) is 32.5 Å². The van der Waals surface area contributed by atoms with Crippen LogP contribution in [0.25, 0.3) is 0 Å². The van der Waals surface area contributed by atoms with Crippen LogP contribution in [0.15, 0.2) is 4.52 Å². The summed E-state index contributed by atoms with van der Waals surface area (Å²) in [6, 6.07) is -1.50. The minimum absolute atomic E-state index is 0.282. The summed E-state index contributed by atoms with van der Waals surface area (Å²) < 4.78 is 4.89. The van der Waals surface area contributed by atoms with E-state index in [0.717, 1.165) is 0 Å². The fraction of sp³-hybridized carbons (Fsp3) is 0.667. The minimum atomic E-state index is -1.07. The molecule has 0 saturated heterocycles. The first-order valence-electron chi connectivity index (χ1n) is 6.26. The molecule has 1 aromatic rings. The number of aromatic nitrogens is 2. The highest BCUT2D eigenvalue weighted by molar-refractivity contribution is 5.83. The van der Waals surface area contributed by atoms with Gasteiger partial charge in [0.2, 0.25) is 5.89 Å². The van der Waals surface area contributed by atoms with Crippen LogP contribution in [0.3, 0.4) is 0 Å². The molecule has 20 heavy (non-hydrogen) atoms. The fourth-order valence-corrected chi connectivity index (χ4v) is 1.56.